The first-order valence-corrected chi connectivity index (χ1v) is 9.37. The molecule has 2 heterocycles. The molecule has 4 aromatic rings. The Balaban J connectivity index is 1.63. The molecule has 0 atom stereocenters. The monoisotopic (exact) mass is 406 g/mol. The van der Waals surface area contributed by atoms with Crippen LogP contribution in [0.15, 0.2) is 75.1 Å². The largest absolute Gasteiger partial charge is 0.422 e. The first kappa shape index (κ1) is 18.5. The lowest BCUT2D eigenvalue weighted by atomic mass is 10.1. The predicted octanol–water partition coefficient (Wildman–Crippen LogP) is 4.66. The van der Waals surface area contributed by atoms with E-state index in [1.165, 1.54) is 35.7 Å². The van der Waals surface area contributed by atoms with Gasteiger partial charge in [-0.05, 0) is 24.6 Å². The van der Waals surface area contributed by atoms with Crippen LogP contribution in [0.4, 0.5) is 10.8 Å². The molecule has 0 aliphatic rings. The average Bonchev–Trinajstić information content (AvgIpc) is 3.20. The summed E-state index contributed by atoms with van der Waals surface area (Å²) in [6, 6.07) is 15.4. The van der Waals surface area contributed by atoms with Crippen molar-refractivity contribution in [2.45, 2.75) is 6.92 Å². The van der Waals surface area contributed by atoms with E-state index in [0.29, 0.717) is 15.4 Å². The molecule has 0 fully saturated rings. The summed E-state index contributed by atoms with van der Waals surface area (Å²) in [5.74, 6) is 0. The SMILES string of the molecule is C/C(=N\Nc1ncc(-c2cc3cc([N+](=O)[O-])ccc3oc2=O)s1)c1ccccc1. The van der Waals surface area contributed by atoms with Gasteiger partial charge in [0, 0.05) is 23.7 Å². The van der Waals surface area contributed by atoms with E-state index < -0.39 is 10.5 Å². The van der Waals surface area contributed by atoms with Gasteiger partial charge in [0.05, 0.1) is 21.1 Å². The van der Waals surface area contributed by atoms with Crippen molar-refractivity contribution in [2.24, 2.45) is 5.10 Å². The third kappa shape index (κ3) is 3.90. The Labute approximate surface area is 168 Å². The lowest BCUT2D eigenvalue weighted by Gasteiger charge is -2.01. The molecule has 4 rings (SSSR count). The van der Waals surface area contributed by atoms with Gasteiger partial charge in [0.2, 0.25) is 5.13 Å². The van der Waals surface area contributed by atoms with Crippen molar-refractivity contribution in [3.05, 3.63) is 86.9 Å². The van der Waals surface area contributed by atoms with E-state index in [1.54, 1.807) is 6.07 Å². The molecule has 2 aromatic heterocycles. The zero-order valence-corrected chi connectivity index (χ0v) is 16.0. The summed E-state index contributed by atoms with van der Waals surface area (Å²) in [5.41, 5.74) is 4.62. The van der Waals surface area contributed by atoms with Crippen LogP contribution in [0.25, 0.3) is 21.4 Å². The highest BCUT2D eigenvalue weighted by Crippen LogP contribution is 2.30. The fraction of sp³-hybridized carbons (Fsp3) is 0.0500. The van der Waals surface area contributed by atoms with Gasteiger partial charge in [0.25, 0.3) is 5.69 Å². The highest BCUT2D eigenvalue weighted by atomic mass is 32.1. The lowest BCUT2D eigenvalue weighted by molar-refractivity contribution is -0.384. The molecular weight excluding hydrogens is 392 g/mol. The number of nitro benzene ring substituents is 1. The Morgan fingerprint density at radius 3 is 2.76 bits per heavy atom. The van der Waals surface area contributed by atoms with E-state index in [-0.39, 0.29) is 16.8 Å². The van der Waals surface area contributed by atoms with Crippen molar-refractivity contribution in [1.82, 2.24) is 4.98 Å². The van der Waals surface area contributed by atoms with Gasteiger partial charge in [0.1, 0.15) is 5.58 Å². The van der Waals surface area contributed by atoms with Gasteiger partial charge in [-0.1, -0.05) is 41.7 Å². The Morgan fingerprint density at radius 1 is 1.21 bits per heavy atom. The van der Waals surface area contributed by atoms with Gasteiger partial charge >= 0.3 is 5.63 Å². The van der Waals surface area contributed by atoms with E-state index in [9.17, 15) is 14.9 Å². The van der Waals surface area contributed by atoms with Crippen LogP contribution in [-0.4, -0.2) is 15.6 Å². The van der Waals surface area contributed by atoms with Gasteiger partial charge in [-0.25, -0.2) is 9.78 Å². The number of rotatable bonds is 5. The van der Waals surface area contributed by atoms with Crippen molar-refractivity contribution in [3.8, 4) is 10.4 Å². The number of non-ortho nitro benzene ring substituents is 1. The second kappa shape index (κ2) is 7.64. The van der Waals surface area contributed by atoms with Gasteiger partial charge in [-0.3, -0.25) is 15.5 Å². The third-order valence-corrected chi connectivity index (χ3v) is 5.14. The standard InChI is InChI=1S/C20H14N4O4S/c1-12(13-5-3-2-4-6-13)22-23-20-21-11-18(29-20)16-10-14-9-15(24(26)27)7-8-17(14)28-19(16)25/h2-11H,1H3,(H,21,23)/b22-12+. The maximum atomic E-state index is 12.3. The molecule has 8 nitrogen and oxygen atoms in total. The minimum absolute atomic E-state index is 0.0744. The second-order valence-electron chi connectivity index (χ2n) is 6.13. The summed E-state index contributed by atoms with van der Waals surface area (Å²) in [6.45, 7) is 1.88. The van der Waals surface area contributed by atoms with Gasteiger partial charge < -0.3 is 4.42 Å². The maximum absolute atomic E-state index is 12.3. The summed E-state index contributed by atoms with van der Waals surface area (Å²) < 4.78 is 5.30. The van der Waals surface area contributed by atoms with Gasteiger partial charge in [-0.15, -0.1) is 0 Å². The Kier molecular flexibility index (Phi) is 4.88. The summed E-state index contributed by atoms with van der Waals surface area (Å²) in [4.78, 5) is 27.6. The van der Waals surface area contributed by atoms with Crippen LogP contribution < -0.4 is 11.1 Å². The molecule has 0 aliphatic carbocycles. The van der Waals surface area contributed by atoms with Crippen molar-refractivity contribution in [1.29, 1.82) is 0 Å². The highest BCUT2D eigenvalue weighted by Gasteiger charge is 2.14. The molecule has 29 heavy (non-hydrogen) atoms. The number of thiazole rings is 1. The number of benzene rings is 2. The van der Waals surface area contributed by atoms with Crippen LogP contribution in [0.5, 0.6) is 0 Å². The molecule has 0 saturated heterocycles. The number of aromatic nitrogens is 1. The molecule has 144 valence electrons. The Hall–Kier alpha value is -3.85. The summed E-state index contributed by atoms with van der Waals surface area (Å²) in [5, 5.41) is 16.3. The molecular formula is C20H14N4O4S. The van der Waals surface area contributed by atoms with Gasteiger partial charge in [-0.2, -0.15) is 5.10 Å². The highest BCUT2D eigenvalue weighted by molar-refractivity contribution is 7.18. The minimum Gasteiger partial charge on any atom is -0.422 e. The number of nitrogens with one attached hydrogen (secondary N) is 1. The Bertz CT molecular complexity index is 1290. The topological polar surface area (TPSA) is 111 Å². The van der Waals surface area contributed by atoms with Crippen LogP contribution >= 0.6 is 11.3 Å². The Morgan fingerprint density at radius 2 is 2.00 bits per heavy atom. The van der Waals surface area contributed by atoms with Crippen LogP contribution in [0.3, 0.4) is 0 Å². The van der Waals surface area contributed by atoms with E-state index in [0.717, 1.165) is 11.3 Å². The fourth-order valence-electron chi connectivity index (χ4n) is 2.72. The molecule has 2 aromatic carbocycles. The number of fused-ring (bicyclic) bond motifs is 1. The minimum atomic E-state index is -0.537. The average molecular weight is 406 g/mol. The van der Waals surface area contributed by atoms with E-state index >= 15 is 0 Å². The number of hydrazone groups is 1. The first-order chi connectivity index (χ1) is 14.0. The van der Waals surface area contributed by atoms with Crippen LogP contribution in [-0.2, 0) is 0 Å². The number of nitrogens with zero attached hydrogens (tertiary/aromatic N) is 3. The molecule has 0 amide bonds. The lowest BCUT2D eigenvalue weighted by Crippen LogP contribution is -2.01. The van der Waals surface area contributed by atoms with Crippen molar-refractivity contribution >= 4 is 38.8 Å². The van der Waals surface area contributed by atoms with E-state index in [2.05, 4.69) is 15.5 Å². The molecule has 0 spiro atoms. The van der Waals surface area contributed by atoms with E-state index in [1.807, 2.05) is 37.3 Å². The molecule has 9 heteroatoms. The van der Waals surface area contributed by atoms with Crippen LogP contribution in [0.2, 0.25) is 0 Å². The normalized spacial score (nSPS) is 11.6. The predicted molar refractivity (Wildman–Crippen MR) is 113 cm³/mol. The molecule has 1 N–H and O–H groups in total. The smallest absolute Gasteiger partial charge is 0.345 e. The zero-order valence-electron chi connectivity index (χ0n) is 15.2. The first-order valence-electron chi connectivity index (χ1n) is 8.55. The zero-order chi connectivity index (χ0) is 20.4. The summed E-state index contributed by atoms with van der Waals surface area (Å²) >= 11 is 1.23. The number of nitro groups is 1. The molecule has 0 aliphatic heterocycles. The summed E-state index contributed by atoms with van der Waals surface area (Å²) in [6.07, 6.45) is 1.54. The fourth-order valence-corrected chi connectivity index (χ4v) is 3.48. The van der Waals surface area contributed by atoms with Crippen LogP contribution in [0.1, 0.15) is 12.5 Å². The maximum Gasteiger partial charge on any atom is 0.345 e. The summed E-state index contributed by atoms with van der Waals surface area (Å²) in [7, 11) is 0. The molecule has 0 saturated carbocycles. The number of hydrogen-bond donors (Lipinski definition) is 1. The second-order valence-corrected chi connectivity index (χ2v) is 7.16. The molecule has 0 radical (unpaired) electrons. The van der Waals surface area contributed by atoms with Crippen molar-refractivity contribution in [2.75, 3.05) is 5.43 Å². The number of anilines is 1. The van der Waals surface area contributed by atoms with Crippen molar-refractivity contribution < 1.29 is 9.34 Å². The van der Waals surface area contributed by atoms with Crippen molar-refractivity contribution in [3.63, 3.8) is 0 Å². The third-order valence-electron chi connectivity index (χ3n) is 4.21. The quantitative estimate of drug-likeness (QED) is 0.223. The molecule has 0 unspecified atom stereocenters. The van der Waals surface area contributed by atoms with Crippen LogP contribution in [0, 0.1) is 10.1 Å². The van der Waals surface area contributed by atoms with E-state index in [4.69, 9.17) is 4.42 Å². The number of hydrogen-bond acceptors (Lipinski definition) is 8. The molecule has 0 bridgehead atoms. The van der Waals surface area contributed by atoms with Gasteiger partial charge in [0.15, 0.2) is 0 Å².